The third-order valence-electron chi connectivity index (χ3n) is 3.52. The number of carboxylic acid groups (broad SMARTS) is 1. The summed E-state index contributed by atoms with van der Waals surface area (Å²) in [5.74, 6) is -0.830. The van der Waals surface area contributed by atoms with Crippen LogP contribution in [-0.2, 0) is 4.79 Å². The first kappa shape index (κ1) is 10.4. The zero-order chi connectivity index (χ0) is 11.8. The second kappa shape index (κ2) is 3.92. The maximum Gasteiger partial charge on any atom is 0.307 e. The highest BCUT2D eigenvalue weighted by Crippen LogP contribution is 2.34. The summed E-state index contributed by atoms with van der Waals surface area (Å²) in [6.07, 6.45) is 8.38. The molecule has 0 aromatic heterocycles. The van der Waals surface area contributed by atoms with E-state index in [1.165, 1.54) is 0 Å². The van der Waals surface area contributed by atoms with E-state index in [2.05, 4.69) is 21.6 Å². The summed E-state index contributed by atoms with van der Waals surface area (Å²) < 4.78 is 0. The fraction of sp³-hybridized carbons (Fsp3) is 0.417. The first-order valence-corrected chi connectivity index (χ1v) is 5.71. The van der Waals surface area contributed by atoms with Crippen LogP contribution in [0.15, 0.2) is 45.9 Å². The van der Waals surface area contributed by atoms with Gasteiger partial charge in [0.2, 0.25) is 0 Å². The lowest BCUT2D eigenvalue weighted by Gasteiger charge is -2.34. The van der Waals surface area contributed by atoms with Gasteiger partial charge in [0.05, 0.1) is 17.8 Å². The fourth-order valence-corrected chi connectivity index (χ4v) is 2.62. The number of aliphatic carboxylic acids is 1. The summed E-state index contributed by atoms with van der Waals surface area (Å²) in [6, 6.07) is 0.144. The maximum atomic E-state index is 11.0. The van der Waals surface area contributed by atoms with Gasteiger partial charge in [0.25, 0.3) is 0 Å². The summed E-state index contributed by atoms with van der Waals surface area (Å²) in [5.41, 5.74) is 1.96. The first-order valence-electron chi connectivity index (χ1n) is 5.71. The smallest absolute Gasteiger partial charge is 0.307 e. The molecule has 3 rings (SSSR count). The van der Waals surface area contributed by atoms with Gasteiger partial charge < -0.3 is 10.4 Å². The van der Waals surface area contributed by atoms with Crippen LogP contribution >= 0.6 is 0 Å². The Morgan fingerprint density at radius 2 is 2.41 bits per heavy atom. The fourth-order valence-electron chi connectivity index (χ4n) is 2.62. The van der Waals surface area contributed by atoms with E-state index in [-0.39, 0.29) is 17.9 Å². The SMILES string of the molecule is O=C(O)C1CNC2C3=CN=NC3=CC=CC2C1. The third-order valence-corrected chi connectivity index (χ3v) is 3.52. The molecule has 0 radical (unpaired) electrons. The summed E-state index contributed by atoms with van der Waals surface area (Å²) in [6.45, 7) is 0.509. The highest BCUT2D eigenvalue weighted by Gasteiger charge is 2.36. The summed E-state index contributed by atoms with van der Waals surface area (Å²) >= 11 is 0. The zero-order valence-corrected chi connectivity index (χ0v) is 9.21. The molecule has 0 bridgehead atoms. The molecule has 0 amide bonds. The third kappa shape index (κ3) is 1.72. The van der Waals surface area contributed by atoms with Gasteiger partial charge in [0, 0.05) is 18.2 Å². The summed E-state index contributed by atoms with van der Waals surface area (Å²) in [7, 11) is 0. The molecule has 2 aliphatic heterocycles. The van der Waals surface area contributed by atoms with Gasteiger partial charge in [-0.15, -0.1) is 0 Å². The average molecular weight is 231 g/mol. The van der Waals surface area contributed by atoms with Crippen molar-refractivity contribution in [3.63, 3.8) is 0 Å². The number of carbonyl (C=O) groups is 1. The number of azo groups is 1. The Morgan fingerprint density at radius 1 is 1.53 bits per heavy atom. The summed E-state index contributed by atoms with van der Waals surface area (Å²) in [5, 5.41) is 20.3. The molecule has 2 N–H and O–H groups in total. The van der Waals surface area contributed by atoms with Crippen molar-refractivity contribution in [1.82, 2.24) is 5.32 Å². The van der Waals surface area contributed by atoms with Crippen molar-refractivity contribution >= 4 is 5.97 Å². The van der Waals surface area contributed by atoms with Crippen LogP contribution in [0.2, 0.25) is 0 Å². The lowest BCUT2D eigenvalue weighted by molar-refractivity contribution is -0.142. The highest BCUT2D eigenvalue weighted by molar-refractivity contribution is 5.70. The van der Waals surface area contributed by atoms with E-state index in [1.807, 2.05) is 12.2 Å². The molecule has 17 heavy (non-hydrogen) atoms. The Balaban J connectivity index is 1.86. The molecule has 0 aromatic carbocycles. The Hall–Kier alpha value is -1.75. The van der Waals surface area contributed by atoms with Crippen LogP contribution in [0.1, 0.15) is 6.42 Å². The van der Waals surface area contributed by atoms with E-state index in [4.69, 9.17) is 5.11 Å². The summed E-state index contributed by atoms with van der Waals surface area (Å²) in [4.78, 5) is 11.0. The zero-order valence-electron chi connectivity index (χ0n) is 9.21. The quantitative estimate of drug-likeness (QED) is 0.717. The van der Waals surface area contributed by atoms with E-state index in [1.54, 1.807) is 6.20 Å². The van der Waals surface area contributed by atoms with Gasteiger partial charge in [0.15, 0.2) is 0 Å². The molecule has 3 unspecified atom stereocenters. The average Bonchev–Trinajstić information content (AvgIpc) is 2.71. The van der Waals surface area contributed by atoms with Crippen LogP contribution in [0.25, 0.3) is 0 Å². The van der Waals surface area contributed by atoms with Gasteiger partial charge in [-0.2, -0.15) is 10.2 Å². The largest absolute Gasteiger partial charge is 0.481 e. The van der Waals surface area contributed by atoms with Crippen molar-refractivity contribution < 1.29 is 9.90 Å². The molecule has 1 fully saturated rings. The Kier molecular flexibility index (Phi) is 2.40. The molecule has 1 aliphatic carbocycles. The van der Waals surface area contributed by atoms with Crippen molar-refractivity contribution in [2.45, 2.75) is 12.5 Å². The van der Waals surface area contributed by atoms with E-state index < -0.39 is 5.97 Å². The number of carboxylic acids is 1. The predicted octanol–water partition coefficient (Wildman–Crippen LogP) is 1.47. The molecule has 3 aliphatic rings. The molecule has 0 saturated carbocycles. The van der Waals surface area contributed by atoms with Crippen LogP contribution < -0.4 is 5.32 Å². The monoisotopic (exact) mass is 231 g/mol. The van der Waals surface area contributed by atoms with Crippen molar-refractivity contribution in [3.05, 3.63) is 35.7 Å². The molecule has 3 atom stereocenters. The molecule has 1 saturated heterocycles. The molecule has 88 valence electrons. The number of nitrogens with one attached hydrogen (secondary N) is 1. The van der Waals surface area contributed by atoms with Crippen LogP contribution in [-0.4, -0.2) is 23.7 Å². The Morgan fingerprint density at radius 3 is 3.24 bits per heavy atom. The van der Waals surface area contributed by atoms with Gasteiger partial charge >= 0.3 is 5.97 Å². The number of hydrogen-bond acceptors (Lipinski definition) is 4. The first-order chi connectivity index (χ1) is 8.25. The topological polar surface area (TPSA) is 74.0 Å². The number of piperidine rings is 1. The van der Waals surface area contributed by atoms with Crippen molar-refractivity contribution in [1.29, 1.82) is 0 Å². The van der Waals surface area contributed by atoms with Gasteiger partial charge in [0.1, 0.15) is 0 Å². The van der Waals surface area contributed by atoms with Crippen molar-refractivity contribution in [2.75, 3.05) is 6.54 Å². The number of rotatable bonds is 1. The van der Waals surface area contributed by atoms with Gasteiger partial charge in [-0.25, -0.2) is 0 Å². The minimum absolute atomic E-state index is 0.144. The molecule has 5 nitrogen and oxygen atoms in total. The van der Waals surface area contributed by atoms with Crippen molar-refractivity contribution in [3.8, 4) is 0 Å². The second-order valence-corrected chi connectivity index (χ2v) is 4.56. The van der Waals surface area contributed by atoms with Crippen LogP contribution in [0.5, 0.6) is 0 Å². The highest BCUT2D eigenvalue weighted by atomic mass is 16.4. The molecular formula is C12H13N3O2. The minimum atomic E-state index is -0.725. The number of nitrogens with zero attached hydrogens (tertiary/aromatic N) is 2. The lowest BCUT2D eigenvalue weighted by atomic mass is 9.81. The standard InChI is InChI=1S/C12H13N3O2/c16-12(17)8-4-7-2-1-3-10-9(6-14-15-10)11(7)13-5-8/h1-3,6-8,11,13H,4-5H2,(H,16,17). The number of hydrogen-bond donors (Lipinski definition) is 2. The van der Waals surface area contributed by atoms with E-state index in [0.717, 1.165) is 11.3 Å². The van der Waals surface area contributed by atoms with E-state index in [9.17, 15) is 4.79 Å². The predicted molar refractivity (Wildman–Crippen MR) is 61.2 cm³/mol. The molecule has 5 heteroatoms. The molecule has 0 spiro atoms. The molecular weight excluding hydrogens is 218 g/mol. The van der Waals surface area contributed by atoms with E-state index in [0.29, 0.717) is 13.0 Å². The minimum Gasteiger partial charge on any atom is -0.481 e. The Labute approximate surface area is 98.6 Å². The van der Waals surface area contributed by atoms with Gasteiger partial charge in [-0.3, -0.25) is 4.79 Å². The van der Waals surface area contributed by atoms with Gasteiger partial charge in [-0.05, 0) is 18.4 Å². The number of fused-ring (bicyclic) bond motifs is 3. The number of allylic oxidation sites excluding steroid dienone is 2. The Bertz CT molecular complexity index is 476. The normalized spacial score (nSPS) is 34.5. The van der Waals surface area contributed by atoms with Gasteiger partial charge in [-0.1, -0.05) is 12.2 Å². The van der Waals surface area contributed by atoms with E-state index >= 15 is 0 Å². The lowest BCUT2D eigenvalue weighted by Crippen LogP contribution is -2.47. The van der Waals surface area contributed by atoms with Crippen LogP contribution in [0, 0.1) is 11.8 Å². The molecule has 2 heterocycles. The second-order valence-electron chi connectivity index (χ2n) is 4.56. The van der Waals surface area contributed by atoms with Crippen LogP contribution in [0.3, 0.4) is 0 Å². The van der Waals surface area contributed by atoms with Crippen molar-refractivity contribution in [2.24, 2.45) is 22.1 Å². The maximum absolute atomic E-state index is 11.0. The molecule has 0 aromatic rings. The van der Waals surface area contributed by atoms with Crippen LogP contribution in [0.4, 0.5) is 0 Å².